The van der Waals surface area contributed by atoms with Crippen LogP contribution in [0.15, 0.2) is 18.2 Å². The van der Waals surface area contributed by atoms with Crippen molar-refractivity contribution < 1.29 is 4.79 Å². The molecule has 1 saturated carbocycles. The Morgan fingerprint density at radius 2 is 1.89 bits per heavy atom. The van der Waals surface area contributed by atoms with Crippen molar-refractivity contribution in [2.45, 2.75) is 46.0 Å². The molecule has 98 valence electrons. The fourth-order valence-electron chi connectivity index (χ4n) is 3.02. The summed E-state index contributed by atoms with van der Waals surface area (Å²) in [5.41, 5.74) is 8.74. The standard InChI is InChI=1S/C16H23NO/c1-12-6-7-13(2)14(10-12)15(18)16(11-17)8-4-3-5-9-16/h6-7,10H,3-5,8-9,11,17H2,1-2H3. The van der Waals surface area contributed by atoms with Crippen LogP contribution in [0.25, 0.3) is 0 Å². The quantitative estimate of drug-likeness (QED) is 0.829. The maximum absolute atomic E-state index is 12.8. The van der Waals surface area contributed by atoms with E-state index in [0.717, 1.165) is 42.4 Å². The number of aryl methyl sites for hydroxylation is 2. The average Bonchev–Trinajstić information content (AvgIpc) is 2.41. The van der Waals surface area contributed by atoms with Gasteiger partial charge in [0.25, 0.3) is 0 Å². The molecule has 1 aliphatic carbocycles. The van der Waals surface area contributed by atoms with Gasteiger partial charge in [0, 0.05) is 17.5 Å². The summed E-state index contributed by atoms with van der Waals surface area (Å²) in [6, 6.07) is 6.11. The lowest BCUT2D eigenvalue weighted by molar-refractivity contribution is 0.0728. The van der Waals surface area contributed by atoms with Gasteiger partial charge in [-0.1, -0.05) is 37.0 Å². The highest BCUT2D eigenvalue weighted by atomic mass is 16.1. The Kier molecular flexibility index (Phi) is 3.86. The zero-order chi connectivity index (χ0) is 13.2. The van der Waals surface area contributed by atoms with Crippen molar-refractivity contribution in [3.8, 4) is 0 Å². The van der Waals surface area contributed by atoms with Crippen LogP contribution >= 0.6 is 0 Å². The lowest BCUT2D eigenvalue weighted by atomic mass is 9.69. The molecule has 1 aromatic rings. The normalized spacial score (nSPS) is 18.6. The molecular weight excluding hydrogens is 222 g/mol. The average molecular weight is 245 g/mol. The molecule has 2 nitrogen and oxygen atoms in total. The van der Waals surface area contributed by atoms with Crippen molar-refractivity contribution >= 4 is 5.78 Å². The van der Waals surface area contributed by atoms with Crippen LogP contribution in [0.4, 0.5) is 0 Å². The molecule has 0 aromatic heterocycles. The van der Waals surface area contributed by atoms with Crippen LogP contribution < -0.4 is 5.73 Å². The Balaban J connectivity index is 2.36. The van der Waals surface area contributed by atoms with Crippen molar-refractivity contribution in [2.75, 3.05) is 6.54 Å². The maximum atomic E-state index is 12.8. The number of nitrogens with two attached hydrogens (primary N) is 1. The van der Waals surface area contributed by atoms with Gasteiger partial charge < -0.3 is 5.73 Å². The molecule has 0 amide bonds. The summed E-state index contributed by atoms with van der Waals surface area (Å²) in [5, 5.41) is 0. The number of Topliss-reactive ketones (excluding diaryl/α,β-unsaturated/α-hetero) is 1. The van der Waals surface area contributed by atoms with Crippen LogP contribution in [0.1, 0.15) is 53.6 Å². The van der Waals surface area contributed by atoms with E-state index in [0.29, 0.717) is 6.54 Å². The maximum Gasteiger partial charge on any atom is 0.170 e. The van der Waals surface area contributed by atoms with E-state index in [-0.39, 0.29) is 11.2 Å². The summed E-state index contributed by atoms with van der Waals surface area (Å²) in [6.07, 6.45) is 5.41. The largest absolute Gasteiger partial charge is 0.329 e. The Hall–Kier alpha value is -1.15. The number of carbonyl (C=O) groups is 1. The first-order valence-electron chi connectivity index (χ1n) is 6.91. The Bertz CT molecular complexity index is 444. The van der Waals surface area contributed by atoms with Crippen molar-refractivity contribution in [2.24, 2.45) is 11.1 Å². The molecule has 18 heavy (non-hydrogen) atoms. The Labute approximate surface area is 110 Å². The molecule has 1 aliphatic rings. The summed E-state index contributed by atoms with van der Waals surface area (Å²) >= 11 is 0. The molecule has 0 aliphatic heterocycles. The van der Waals surface area contributed by atoms with Gasteiger partial charge >= 0.3 is 0 Å². The highest BCUT2D eigenvalue weighted by molar-refractivity contribution is 6.02. The minimum Gasteiger partial charge on any atom is -0.329 e. The van der Waals surface area contributed by atoms with Gasteiger partial charge in [0.1, 0.15) is 0 Å². The summed E-state index contributed by atoms with van der Waals surface area (Å²) in [4.78, 5) is 12.8. The van der Waals surface area contributed by atoms with Crippen LogP contribution in [-0.2, 0) is 0 Å². The SMILES string of the molecule is Cc1ccc(C)c(C(=O)C2(CN)CCCCC2)c1. The number of hydrogen-bond donors (Lipinski definition) is 1. The summed E-state index contributed by atoms with van der Waals surface area (Å²) < 4.78 is 0. The molecule has 0 radical (unpaired) electrons. The van der Waals surface area contributed by atoms with Crippen molar-refractivity contribution in [3.63, 3.8) is 0 Å². The van der Waals surface area contributed by atoms with Gasteiger partial charge in [-0.2, -0.15) is 0 Å². The zero-order valence-corrected chi connectivity index (χ0v) is 11.5. The van der Waals surface area contributed by atoms with E-state index >= 15 is 0 Å². The van der Waals surface area contributed by atoms with E-state index in [2.05, 4.69) is 6.07 Å². The second-order valence-electron chi connectivity index (χ2n) is 5.69. The second-order valence-corrected chi connectivity index (χ2v) is 5.69. The Morgan fingerprint density at radius 1 is 1.22 bits per heavy atom. The number of benzene rings is 1. The Morgan fingerprint density at radius 3 is 2.50 bits per heavy atom. The van der Waals surface area contributed by atoms with Crippen molar-refractivity contribution in [3.05, 3.63) is 34.9 Å². The third kappa shape index (κ3) is 2.35. The summed E-state index contributed by atoms with van der Waals surface area (Å²) in [5.74, 6) is 0.269. The number of carbonyl (C=O) groups excluding carboxylic acids is 1. The van der Waals surface area contributed by atoms with Gasteiger partial charge in [0.05, 0.1) is 0 Å². The number of ketones is 1. The molecule has 0 bridgehead atoms. The first-order valence-corrected chi connectivity index (χ1v) is 6.91. The van der Waals surface area contributed by atoms with Crippen LogP contribution in [-0.4, -0.2) is 12.3 Å². The lowest BCUT2D eigenvalue weighted by Gasteiger charge is -2.35. The van der Waals surface area contributed by atoms with Gasteiger partial charge in [-0.15, -0.1) is 0 Å². The summed E-state index contributed by atoms with van der Waals surface area (Å²) in [7, 11) is 0. The molecule has 2 heteroatoms. The molecule has 2 N–H and O–H groups in total. The minimum atomic E-state index is -0.295. The van der Waals surface area contributed by atoms with Crippen LogP contribution in [0.5, 0.6) is 0 Å². The minimum absolute atomic E-state index is 0.269. The molecule has 1 aromatic carbocycles. The first-order chi connectivity index (χ1) is 8.59. The molecule has 0 unspecified atom stereocenters. The van der Waals surface area contributed by atoms with E-state index in [1.807, 2.05) is 26.0 Å². The molecular formula is C16H23NO. The van der Waals surface area contributed by atoms with E-state index in [1.165, 1.54) is 6.42 Å². The van der Waals surface area contributed by atoms with Gasteiger partial charge in [-0.05, 0) is 38.3 Å². The van der Waals surface area contributed by atoms with Crippen LogP contribution in [0.3, 0.4) is 0 Å². The highest BCUT2D eigenvalue weighted by Crippen LogP contribution is 2.38. The third-order valence-corrected chi connectivity index (χ3v) is 4.32. The number of rotatable bonds is 3. The first kappa shape index (κ1) is 13.3. The molecule has 0 spiro atoms. The van der Waals surface area contributed by atoms with E-state index in [1.54, 1.807) is 0 Å². The van der Waals surface area contributed by atoms with Gasteiger partial charge in [0.2, 0.25) is 0 Å². The van der Waals surface area contributed by atoms with Crippen molar-refractivity contribution in [1.82, 2.24) is 0 Å². The second kappa shape index (κ2) is 5.23. The molecule has 0 saturated heterocycles. The van der Waals surface area contributed by atoms with Crippen LogP contribution in [0, 0.1) is 19.3 Å². The van der Waals surface area contributed by atoms with Crippen molar-refractivity contribution in [1.29, 1.82) is 0 Å². The fourth-order valence-corrected chi connectivity index (χ4v) is 3.02. The fraction of sp³-hybridized carbons (Fsp3) is 0.562. The zero-order valence-electron chi connectivity index (χ0n) is 11.5. The van der Waals surface area contributed by atoms with E-state index < -0.39 is 0 Å². The predicted octanol–water partition coefficient (Wildman–Crippen LogP) is 3.40. The third-order valence-electron chi connectivity index (χ3n) is 4.32. The molecule has 1 fully saturated rings. The number of hydrogen-bond acceptors (Lipinski definition) is 2. The monoisotopic (exact) mass is 245 g/mol. The molecule has 0 atom stereocenters. The molecule has 2 rings (SSSR count). The molecule has 0 heterocycles. The van der Waals surface area contributed by atoms with Crippen LogP contribution in [0.2, 0.25) is 0 Å². The topological polar surface area (TPSA) is 43.1 Å². The predicted molar refractivity (Wildman–Crippen MR) is 74.8 cm³/mol. The van der Waals surface area contributed by atoms with Gasteiger partial charge in [0.15, 0.2) is 5.78 Å². The van der Waals surface area contributed by atoms with E-state index in [9.17, 15) is 4.79 Å². The van der Waals surface area contributed by atoms with Gasteiger partial charge in [-0.25, -0.2) is 0 Å². The summed E-state index contributed by atoms with van der Waals surface area (Å²) in [6.45, 7) is 4.53. The van der Waals surface area contributed by atoms with Gasteiger partial charge in [-0.3, -0.25) is 4.79 Å². The smallest absolute Gasteiger partial charge is 0.170 e. The highest BCUT2D eigenvalue weighted by Gasteiger charge is 2.38. The van der Waals surface area contributed by atoms with E-state index in [4.69, 9.17) is 5.73 Å². The lowest BCUT2D eigenvalue weighted by Crippen LogP contribution is -2.40.